The average Bonchev–Trinajstić information content (AvgIpc) is 3.40. The summed E-state index contributed by atoms with van der Waals surface area (Å²) in [4.78, 5) is 33.7. The number of halogens is 1. The highest BCUT2D eigenvalue weighted by atomic mass is 79.9. The number of pyridine rings is 1. The van der Waals surface area contributed by atoms with Gasteiger partial charge in [-0.1, -0.05) is 40.2 Å². The molecule has 0 spiro atoms. The Balaban J connectivity index is 1.21. The maximum absolute atomic E-state index is 13.1. The van der Waals surface area contributed by atoms with E-state index in [-0.39, 0.29) is 30.3 Å². The summed E-state index contributed by atoms with van der Waals surface area (Å²) in [5.41, 5.74) is 1.71. The molecule has 31 heavy (non-hydrogen) atoms. The van der Waals surface area contributed by atoms with Crippen LogP contribution in [0.15, 0.2) is 65.1 Å². The van der Waals surface area contributed by atoms with E-state index in [2.05, 4.69) is 20.9 Å². The van der Waals surface area contributed by atoms with Gasteiger partial charge in [0.15, 0.2) is 0 Å². The number of nitrogens with zero attached hydrogens (tertiary/aromatic N) is 3. The van der Waals surface area contributed by atoms with Gasteiger partial charge in [0.25, 0.3) is 0 Å². The molecule has 2 aliphatic heterocycles. The van der Waals surface area contributed by atoms with Crippen LogP contribution in [-0.4, -0.2) is 47.4 Å². The van der Waals surface area contributed by atoms with Crippen molar-refractivity contribution in [1.82, 2.24) is 9.88 Å². The Hall–Kier alpha value is -2.93. The highest BCUT2D eigenvalue weighted by molar-refractivity contribution is 9.10. The number of carbonyl (C=O) groups is 2. The number of aromatic nitrogens is 1. The summed E-state index contributed by atoms with van der Waals surface area (Å²) in [5, 5.41) is 1.07. The molecule has 3 aromatic rings. The molecule has 0 N–H and O–H groups in total. The first-order valence-electron chi connectivity index (χ1n) is 10.4. The second-order valence-corrected chi connectivity index (χ2v) is 8.96. The van der Waals surface area contributed by atoms with Gasteiger partial charge >= 0.3 is 0 Å². The lowest BCUT2D eigenvalue weighted by molar-refractivity contribution is -0.135. The normalized spacial score (nSPS) is 21.1. The highest BCUT2D eigenvalue weighted by Gasteiger charge is 2.39. The van der Waals surface area contributed by atoms with Crippen LogP contribution in [0.1, 0.15) is 12.8 Å². The molecule has 2 aromatic carbocycles. The van der Waals surface area contributed by atoms with Crippen molar-refractivity contribution in [3.05, 3.63) is 65.1 Å². The minimum Gasteiger partial charge on any atom is -0.472 e. The quantitative estimate of drug-likeness (QED) is 0.566. The van der Waals surface area contributed by atoms with Crippen molar-refractivity contribution < 1.29 is 14.3 Å². The fourth-order valence-electron chi connectivity index (χ4n) is 4.33. The lowest BCUT2D eigenvalue weighted by Crippen LogP contribution is -2.37. The third-order valence-electron chi connectivity index (χ3n) is 5.91. The summed E-state index contributed by atoms with van der Waals surface area (Å²) >= 11 is 3.44. The van der Waals surface area contributed by atoms with Gasteiger partial charge in [-0.05, 0) is 30.3 Å². The zero-order chi connectivity index (χ0) is 21.4. The number of likely N-dealkylation sites (tertiary alicyclic amines) is 1. The molecule has 2 amide bonds. The Bertz CT molecular complexity index is 1150. The fourth-order valence-corrected chi connectivity index (χ4v) is 4.72. The van der Waals surface area contributed by atoms with Gasteiger partial charge < -0.3 is 14.5 Å². The topological polar surface area (TPSA) is 62.7 Å². The number of fused-ring (bicyclic) bond motifs is 1. The number of amides is 2. The van der Waals surface area contributed by atoms with Crippen LogP contribution in [0.3, 0.4) is 0 Å². The van der Waals surface area contributed by atoms with Gasteiger partial charge in [-0.2, -0.15) is 0 Å². The van der Waals surface area contributed by atoms with E-state index in [1.807, 2.05) is 65.6 Å². The van der Waals surface area contributed by atoms with E-state index >= 15 is 0 Å². The Kier molecular flexibility index (Phi) is 5.36. The first kappa shape index (κ1) is 20.0. The SMILES string of the molecule is O=C(C1CC(=O)N(c2cccc(Br)c2)C1)N1CCC(Oc2ccc3ccccc3n2)C1. The van der Waals surface area contributed by atoms with Gasteiger partial charge in [0.05, 0.1) is 18.0 Å². The second-order valence-electron chi connectivity index (χ2n) is 8.04. The van der Waals surface area contributed by atoms with Crippen molar-refractivity contribution in [2.75, 3.05) is 24.5 Å². The van der Waals surface area contributed by atoms with E-state index in [0.717, 1.165) is 27.5 Å². The monoisotopic (exact) mass is 479 g/mol. The molecule has 0 radical (unpaired) electrons. The largest absolute Gasteiger partial charge is 0.472 e. The number of para-hydroxylation sites is 1. The van der Waals surface area contributed by atoms with Crippen molar-refractivity contribution in [3.8, 4) is 5.88 Å². The number of hydrogen-bond acceptors (Lipinski definition) is 4. The van der Waals surface area contributed by atoms with Crippen LogP contribution >= 0.6 is 15.9 Å². The van der Waals surface area contributed by atoms with Gasteiger partial charge in [0, 0.05) is 47.5 Å². The maximum Gasteiger partial charge on any atom is 0.228 e. The van der Waals surface area contributed by atoms with Crippen molar-refractivity contribution in [1.29, 1.82) is 0 Å². The highest BCUT2D eigenvalue weighted by Crippen LogP contribution is 2.29. The van der Waals surface area contributed by atoms with Gasteiger partial charge in [0.2, 0.25) is 17.7 Å². The molecular weight excluding hydrogens is 458 g/mol. The number of hydrogen-bond donors (Lipinski definition) is 0. The fraction of sp³-hybridized carbons (Fsp3) is 0.292. The zero-order valence-corrected chi connectivity index (χ0v) is 18.5. The molecule has 2 fully saturated rings. The lowest BCUT2D eigenvalue weighted by atomic mass is 10.1. The van der Waals surface area contributed by atoms with E-state index < -0.39 is 0 Å². The summed E-state index contributed by atoms with van der Waals surface area (Å²) in [7, 11) is 0. The van der Waals surface area contributed by atoms with Gasteiger partial charge in [0.1, 0.15) is 6.10 Å². The number of ether oxygens (including phenoxy) is 1. The zero-order valence-electron chi connectivity index (χ0n) is 16.9. The average molecular weight is 480 g/mol. The minimum atomic E-state index is -0.316. The summed E-state index contributed by atoms with van der Waals surface area (Å²) in [6.45, 7) is 1.58. The smallest absolute Gasteiger partial charge is 0.228 e. The lowest BCUT2D eigenvalue weighted by Gasteiger charge is -2.21. The van der Waals surface area contributed by atoms with Crippen molar-refractivity contribution in [2.24, 2.45) is 5.92 Å². The molecule has 6 nitrogen and oxygen atoms in total. The first-order chi connectivity index (χ1) is 15.1. The number of anilines is 1. The van der Waals surface area contributed by atoms with Crippen molar-refractivity contribution in [2.45, 2.75) is 18.9 Å². The van der Waals surface area contributed by atoms with E-state index in [9.17, 15) is 9.59 Å². The maximum atomic E-state index is 13.1. The van der Waals surface area contributed by atoms with Crippen LogP contribution in [0.2, 0.25) is 0 Å². The van der Waals surface area contributed by atoms with Gasteiger partial charge in [-0.15, -0.1) is 0 Å². The van der Waals surface area contributed by atoms with Crippen LogP contribution in [-0.2, 0) is 9.59 Å². The van der Waals surface area contributed by atoms with Crippen LogP contribution in [0.4, 0.5) is 5.69 Å². The molecule has 3 heterocycles. The Morgan fingerprint density at radius 3 is 2.81 bits per heavy atom. The molecule has 0 saturated carbocycles. The molecule has 7 heteroatoms. The number of rotatable bonds is 4. The third-order valence-corrected chi connectivity index (χ3v) is 6.40. The Labute approximate surface area is 188 Å². The van der Waals surface area contributed by atoms with Crippen LogP contribution in [0.25, 0.3) is 10.9 Å². The van der Waals surface area contributed by atoms with E-state index in [1.54, 1.807) is 4.90 Å². The summed E-state index contributed by atoms with van der Waals surface area (Å²) < 4.78 is 6.98. The van der Waals surface area contributed by atoms with Gasteiger partial charge in [-0.25, -0.2) is 4.98 Å². The molecule has 2 atom stereocenters. The minimum absolute atomic E-state index is 0.0104. The van der Waals surface area contributed by atoms with Crippen molar-refractivity contribution >= 4 is 44.3 Å². The summed E-state index contributed by atoms with van der Waals surface area (Å²) in [6.07, 6.45) is 0.923. The Morgan fingerprint density at radius 1 is 1.06 bits per heavy atom. The molecule has 2 unspecified atom stereocenters. The number of carbonyl (C=O) groups excluding carboxylic acids is 2. The molecular formula is C24H22BrN3O3. The molecule has 1 aromatic heterocycles. The van der Waals surface area contributed by atoms with Crippen LogP contribution in [0.5, 0.6) is 5.88 Å². The van der Waals surface area contributed by atoms with Crippen molar-refractivity contribution in [3.63, 3.8) is 0 Å². The first-order valence-corrected chi connectivity index (χ1v) is 11.2. The molecule has 2 saturated heterocycles. The predicted octanol–water partition coefficient (Wildman–Crippen LogP) is 4.03. The summed E-state index contributed by atoms with van der Waals surface area (Å²) in [6, 6.07) is 19.4. The second kappa shape index (κ2) is 8.30. The predicted molar refractivity (Wildman–Crippen MR) is 122 cm³/mol. The standard InChI is InChI=1S/C24H22BrN3O3/c25-18-5-3-6-19(13-18)28-14-17(12-23(28)29)24(30)27-11-10-20(15-27)31-22-9-8-16-4-1-2-7-21(16)26-22/h1-9,13,17,20H,10-12,14-15H2. The van der Waals surface area contributed by atoms with Crippen LogP contribution < -0.4 is 9.64 Å². The van der Waals surface area contributed by atoms with E-state index in [0.29, 0.717) is 25.5 Å². The molecule has 0 bridgehead atoms. The van der Waals surface area contributed by atoms with E-state index in [4.69, 9.17) is 4.74 Å². The molecule has 158 valence electrons. The molecule has 5 rings (SSSR count). The molecule has 0 aliphatic carbocycles. The van der Waals surface area contributed by atoms with Gasteiger partial charge in [-0.3, -0.25) is 9.59 Å². The Morgan fingerprint density at radius 2 is 1.94 bits per heavy atom. The number of benzene rings is 2. The third kappa shape index (κ3) is 4.14. The summed E-state index contributed by atoms with van der Waals surface area (Å²) in [5.74, 6) is 0.283. The molecule has 2 aliphatic rings. The van der Waals surface area contributed by atoms with Crippen LogP contribution in [0, 0.1) is 5.92 Å². The van der Waals surface area contributed by atoms with E-state index in [1.165, 1.54) is 0 Å².